The molecule has 1 amide bonds. The molecular formula is C24H20N6O2S. The number of aromatic nitrogens is 4. The molecule has 0 fully saturated rings. The van der Waals surface area contributed by atoms with Crippen molar-refractivity contribution >= 4 is 34.1 Å². The van der Waals surface area contributed by atoms with Crippen LogP contribution in [0.2, 0.25) is 0 Å². The molecule has 0 saturated heterocycles. The summed E-state index contributed by atoms with van der Waals surface area (Å²) < 4.78 is 3.16. The van der Waals surface area contributed by atoms with E-state index in [9.17, 15) is 9.59 Å². The number of para-hydroxylation sites is 2. The summed E-state index contributed by atoms with van der Waals surface area (Å²) in [5.41, 5.74) is 7.73. The molecule has 8 nitrogen and oxygen atoms in total. The smallest absolute Gasteiger partial charge is 0.273 e. The molecule has 0 saturated carbocycles. The molecule has 2 aromatic carbocycles. The van der Waals surface area contributed by atoms with Crippen molar-refractivity contribution in [2.45, 2.75) is 13.5 Å². The van der Waals surface area contributed by atoms with Gasteiger partial charge in [-0.1, -0.05) is 36.4 Å². The van der Waals surface area contributed by atoms with Crippen molar-refractivity contribution in [1.82, 2.24) is 24.8 Å². The number of hydrazine groups is 1. The van der Waals surface area contributed by atoms with E-state index in [0.717, 1.165) is 10.6 Å². The highest BCUT2D eigenvalue weighted by Crippen LogP contribution is 2.27. The van der Waals surface area contributed by atoms with Crippen LogP contribution in [0.1, 0.15) is 17.3 Å². The van der Waals surface area contributed by atoms with Gasteiger partial charge in [-0.05, 0) is 42.6 Å². The van der Waals surface area contributed by atoms with Crippen LogP contribution < -0.4 is 16.4 Å². The first-order chi connectivity index (χ1) is 16.2. The number of hydrogen-bond donors (Lipinski definition) is 2. The largest absolute Gasteiger partial charge is 0.277 e. The van der Waals surface area contributed by atoms with Crippen LogP contribution in [0, 0.1) is 0 Å². The normalized spacial score (nSPS) is 10.9. The summed E-state index contributed by atoms with van der Waals surface area (Å²) in [6.45, 7) is 2.25. The third-order valence-corrected chi connectivity index (χ3v) is 6.08. The first-order valence-electron chi connectivity index (χ1n) is 10.4. The molecule has 0 spiro atoms. The van der Waals surface area contributed by atoms with E-state index in [1.165, 1.54) is 15.9 Å². The van der Waals surface area contributed by atoms with Crippen LogP contribution in [0.5, 0.6) is 0 Å². The Morgan fingerprint density at radius 1 is 1.03 bits per heavy atom. The number of hydrogen-bond acceptors (Lipinski definition) is 6. The summed E-state index contributed by atoms with van der Waals surface area (Å²) in [7, 11) is 0. The molecule has 164 valence electrons. The van der Waals surface area contributed by atoms with Gasteiger partial charge < -0.3 is 0 Å². The lowest BCUT2D eigenvalue weighted by molar-refractivity contribution is 0.0962. The van der Waals surface area contributed by atoms with E-state index in [4.69, 9.17) is 0 Å². The van der Waals surface area contributed by atoms with Gasteiger partial charge in [-0.25, -0.2) is 9.67 Å². The van der Waals surface area contributed by atoms with Gasteiger partial charge in [0.15, 0.2) is 0 Å². The highest BCUT2D eigenvalue weighted by molar-refractivity contribution is 7.13. The summed E-state index contributed by atoms with van der Waals surface area (Å²) in [5, 5.41) is 7.12. The van der Waals surface area contributed by atoms with Crippen molar-refractivity contribution < 1.29 is 4.79 Å². The lowest BCUT2D eigenvalue weighted by Gasteiger charge is -2.13. The van der Waals surface area contributed by atoms with Crippen molar-refractivity contribution in [2.24, 2.45) is 0 Å². The number of anilines is 1. The molecule has 0 aliphatic carbocycles. The molecule has 33 heavy (non-hydrogen) atoms. The lowest BCUT2D eigenvalue weighted by Crippen LogP contribution is -2.34. The predicted molar refractivity (Wildman–Crippen MR) is 130 cm³/mol. The van der Waals surface area contributed by atoms with Crippen molar-refractivity contribution in [3.63, 3.8) is 0 Å². The summed E-state index contributed by atoms with van der Waals surface area (Å²) in [4.78, 5) is 31.4. The van der Waals surface area contributed by atoms with Crippen LogP contribution in [0.15, 0.2) is 83.1 Å². The molecule has 0 radical (unpaired) electrons. The van der Waals surface area contributed by atoms with Crippen LogP contribution in [0.4, 0.5) is 5.95 Å². The monoisotopic (exact) mass is 456 g/mol. The average molecular weight is 457 g/mol. The number of nitrogens with zero attached hydrogens (tertiary/aromatic N) is 4. The summed E-state index contributed by atoms with van der Waals surface area (Å²) in [6, 6.07) is 20.6. The van der Waals surface area contributed by atoms with Crippen LogP contribution in [-0.2, 0) is 6.54 Å². The maximum absolute atomic E-state index is 13.2. The molecule has 0 bridgehead atoms. The molecule has 0 aliphatic heterocycles. The first-order valence-corrected chi connectivity index (χ1v) is 11.3. The first kappa shape index (κ1) is 20.7. The van der Waals surface area contributed by atoms with E-state index in [1.807, 2.05) is 60.8 Å². The molecule has 9 heteroatoms. The van der Waals surface area contributed by atoms with Crippen LogP contribution in [0.25, 0.3) is 27.2 Å². The minimum Gasteiger partial charge on any atom is -0.277 e. The molecule has 0 unspecified atom stereocenters. The Morgan fingerprint density at radius 3 is 2.58 bits per heavy atom. The number of rotatable bonds is 6. The second-order valence-corrected chi connectivity index (χ2v) is 8.18. The zero-order chi connectivity index (χ0) is 22.8. The van der Waals surface area contributed by atoms with Gasteiger partial charge in [0.1, 0.15) is 5.69 Å². The van der Waals surface area contributed by atoms with Crippen LogP contribution in [-0.4, -0.2) is 25.2 Å². The van der Waals surface area contributed by atoms with Gasteiger partial charge in [-0.3, -0.25) is 25.0 Å². The van der Waals surface area contributed by atoms with Crippen molar-refractivity contribution in [3.05, 3.63) is 94.2 Å². The second kappa shape index (κ2) is 8.71. The zero-order valence-electron chi connectivity index (χ0n) is 17.7. The molecule has 3 aromatic heterocycles. The number of carbonyl (C=O) groups excluding carboxylic acids is 1. The fraction of sp³-hybridized carbons (Fsp3) is 0.0833. The van der Waals surface area contributed by atoms with E-state index in [1.54, 1.807) is 29.1 Å². The van der Waals surface area contributed by atoms with Crippen LogP contribution >= 0.6 is 11.3 Å². The topological polar surface area (TPSA) is 93.8 Å². The van der Waals surface area contributed by atoms with Crippen molar-refractivity contribution in [2.75, 3.05) is 5.43 Å². The summed E-state index contributed by atoms with van der Waals surface area (Å²) >= 11 is 1.51. The minimum absolute atomic E-state index is 0.170. The highest BCUT2D eigenvalue weighted by Gasteiger charge is 2.20. The van der Waals surface area contributed by atoms with Gasteiger partial charge in [0, 0.05) is 12.7 Å². The van der Waals surface area contributed by atoms with Gasteiger partial charge in [-0.15, -0.1) is 11.3 Å². The predicted octanol–water partition coefficient (Wildman–Crippen LogP) is 4.09. The SMILES string of the molecule is CCn1c(NNC(=O)c2cn(-c3ccccc3)nc2-c2cccs2)nc2ccccc2c1=O. The highest BCUT2D eigenvalue weighted by atomic mass is 32.1. The molecule has 5 rings (SSSR count). The molecule has 2 N–H and O–H groups in total. The quantitative estimate of drug-likeness (QED) is 0.376. The Morgan fingerprint density at radius 2 is 1.82 bits per heavy atom. The number of carbonyl (C=O) groups is 1. The van der Waals surface area contributed by atoms with E-state index in [-0.39, 0.29) is 17.4 Å². The van der Waals surface area contributed by atoms with E-state index >= 15 is 0 Å². The van der Waals surface area contributed by atoms with E-state index in [0.29, 0.717) is 28.7 Å². The Kier molecular flexibility index (Phi) is 5.45. The number of fused-ring (bicyclic) bond motifs is 1. The zero-order valence-corrected chi connectivity index (χ0v) is 18.5. The second-order valence-electron chi connectivity index (χ2n) is 7.23. The Hall–Kier alpha value is -4.24. The summed E-state index contributed by atoms with van der Waals surface area (Å²) in [6.07, 6.45) is 1.70. The molecule has 0 atom stereocenters. The third-order valence-electron chi connectivity index (χ3n) is 5.20. The van der Waals surface area contributed by atoms with Crippen molar-refractivity contribution in [3.8, 4) is 16.3 Å². The summed E-state index contributed by atoms with van der Waals surface area (Å²) in [5.74, 6) is -0.117. The Bertz CT molecular complexity index is 1490. The third kappa shape index (κ3) is 3.90. The number of thiophene rings is 1. The maximum atomic E-state index is 13.2. The molecule has 5 aromatic rings. The Balaban J connectivity index is 1.48. The van der Waals surface area contributed by atoms with Crippen molar-refractivity contribution in [1.29, 1.82) is 0 Å². The fourth-order valence-electron chi connectivity index (χ4n) is 3.59. The van der Waals surface area contributed by atoms with Gasteiger partial charge in [0.05, 0.1) is 27.0 Å². The number of nitrogens with one attached hydrogen (secondary N) is 2. The lowest BCUT2D eigenvalue weighted by atomic mass is 10.2. The molecule has 3 heterocycles. The van der Waals surface area contributed by atoms with Crippen LogP contribution in [0.3, 0.4) is 0 Å². The fourth-order valence-corrected chi connectivity index (χ4v) is 4.31. The minimum atomic E-state index is -0.384. The van der Waals surface area contributed by atoms with Gasteiger partial charge in [0.2, 0.25) is 5.95 Å². The number of benzene rings is 2. The van der Waals surface area contributed by atoms with Gasteiger partial charge in [0.25, 0.3) is 11.5 Å². The maximum Gasteiger partial charge on any atom is 0.273 e. The molecular weight excluding hydrogens is 436 g/mol. The van der Waals surface area contributed by atoms with Gasteiger partial charge >= 0.3 is 0 Å². The Labute approximate surface area is 193 Å². The van der Waals surface area contributed by atoms with E-state index < -0.39 is 0 Å². The number of amides is 1. The standard InChI is InChI=1S/C24H20N6O2S/c1-2-29-23(32)17-11-6-7-12-19(17)25-24(29)27-26-22(31)18-15-30(16-9-4-3-5-10-16)28-21(18)20-13-8-14-33-20/h3-15H,2H2,1H3,(H,25,27)(H,26,31). The average Bonchev–Trinajstić information content (AvgIpc) is 3.53. The molecule has 0 aliphatic rings. The van der Waals surface area contributed by atoms with E-state index in [2.05, 4.69) is 20.9 Å². The van der Waals surface area contributed by atoms with Gasteiger partial charge in [-0.2, -0.15) is 5.10 Å².